The Bertz CT molecular complexity index is 925. The number of likely N-dealkylation sites (N-methyl/N-ethyl adjacent to an activating group) is 2. The average Bonchev–Trinajstić information content (AvgIpc) is 2.64. The zero-order chi connectivity index (χ0) is 30.4. The Labute approximate surface area is 254 Å². The molecule has 0 spiro atoms. The van der Waals surface area contributed by atoms with Gasteiger partial charge in [0.05, 0.1) is 6.04 Å². The molecule has 12 nitrogen and oxygen atoms in total. The molecule has 40 heavy (non-hydrogen) atoms. The fourth-order valence-electron chi connectivity index (χ4n) is 2.54. The minimum atomic E-state index is -3.53. The summed E-state index contributed by atoms with van der Waals surface area (Å²) in [6.45, 7) is 17.6. The molecule has 0 saturated carbocycles. The van der Waals surface area contributed by atoms with Gasteiger partial charge in [0.2, 0.25) is 0 Å². The van der Waals surface area contributed by atoms with E-state index >= 15 is 0 Å². The standard InChI is InChI=1S/C14H31N3O4S.C9H23N3O2S.2CH4.ClH/c1-13(2,3)11(15-12(18)21-14(4,5)6)10-17(9)22(19,20)16(7)8;1-9(2,3)8(10)7-12(6)15(13,14)11(4)5;;;/h11H,10H2,1-9H3,(H,15,18);8H,7,10H2,1-6H3;2*1H4;1H/t11-;8-;;;/m11.../s1. The van der Waals surface area contributed by atoms with Crippen LogP contribution in [0.25, 0.3) is 0 Å². The number of nitrogens with two attached hydrogens (primary N) is 1. The quantitative estimate of drug-likeness (QED) is 0.392. The smallest absolute Gasteiger partial charge is 0.407 e. The van der Waals surface area contributed by atoms with Gasteiger partial charge >= 0.3 is 6.09 Å². The van der Waals surface area contributed by atoms with Gasteiger partial charge in [-0.2, -0.15) is 34.1 Å². The number of carbonyl (C=O) groups is 1. The first kappa shape index (κ1) is 49.0. The van der Waals surface area contributed by atoms with E-state index < -0.39 is 32.1 Å². The fraction of sp³-hybridized carbons (Fsp3) is 0.960. The SMILES string of the molecule is C.C.CN(C)S(=O)(=O)N(C)C[C@@H](N)C(C)(C)C.CN(C)S(=O)(=O)N(C)C[C@@H](NC(=O)OC(C)(C)C)C(C)(C)C.Cl. The van der Waals surface area contributed by atoms with Gasteiger partial charge in [0.1, 0.15) is 5.60 Å². The third kappa shape index (κ3) is 17.9. The fourth-order valence-corrected chi connectivity index (χ4v) is 4.34. The van der Waals surface area contributed by atoms with Crippen molar-refractivity contribution in [1.29, 1.82) is 0 Å². The van der Waals surface area contributed by atoms with E-state index in [0.717, 1.165) is 4.31 Å². The number of ether oxygens (including phenoxy) is 1. The van der Waals surface area contributed by atoms with E-state index in [2.05, 4.69) is 5.32 Å². The number of carbonyl (C=O) groups excluding carboxylic acids is 1. The highest BCUT2D eigenvalue weighted by molar-refractivity contribution is 7.86. The molecule has 0 aromatic heterocycles. The lowest BCUT2D eigenvalue weighted by Crippen LogP contribution is -2.53. The Morgan fingerprint density at radius 1 is 0.725 bits per heavy atom. The van der Waals surface area contributed by atoms with Gasteiger partial charge in [-0.15, -0.1) is 12.4 Å². The normalized spacial score (nSPS) is 14.3. The molecule has 15 heteroatoms. The summed E-state index contributed by atoms with van der Waals surface area (Å²) in [5, 5.41) is 2.77. The molecular weight excluding hydrogens is 580 g/mol. The highest BCUT2D eigenvalue weighted by atomic mass is 35.5. The molecule has 0 rings (SSSR count). The molecule has 0 radical (unpaired) electrons. The number of halogens is 1. The summed E-state index contributed by atoms with van der Waals surface area (Å²) >= 11 is 0. The van der Waals surface area contributed by atoms with E-state index in [-0.39, 0.29) is 56.7 Å². The van der Waals surface area contributed by atoms with Crippen molar-refractivity contribution in [2.24, 2.45) is 16.6 Å². The predicted octanol–water partition coefficient (Wildman–Crippen LogP) is 3.46. The van der Waals surface area contributed by atoms with Crippen LogP contribution in [0.5, 0.6) is 0 Å². The highest BCUT2D eigenvalue weighted by Gasteiger charge is 2.33. The van der Waals surface area contributed by atoms with Gasteiger partial charge in [-0.3, -0.25) is 0 Å². The second kappa shape index (κ2) is 18.0. The van der Waals surface area contributed by atoms with Crippen LogP contribution in [0.1, 0.15) is 77.2 Å². The van der Waals surface area contributed by atoms with Gasteiger partial charge in [-0.05, 0) is 31.6 Å². The van der Waals surface area contributed by atoms with Crippen LogP contribution in [0, 0.1) is 10.8 Å². The third-order valence-electron chi connectivity index (χ3n) is 5.45. The molecule has 0 unspecified atom stereocenters. The highest BCUT2D eigenvalue weighted by Crippen LogP contribution is 2.22. The van der Waals surface area contributed by atoms with E-state index in [4.69, 9.17) is 10.5 Å². The maximum atomic E-state index is 12.1. The molecule has 0 aliphatic rings. The van der Waals surface area contributed by atoms with Crippen LogP contribution in [0.2, 0.25) is 0 Å². The summed E-state index contributed by atoms with van der Waals surface area (Å²) in [5.74, 6) is 0. The summed E-state index contributed by atoms with van der Waals surface area (Å²) < 4.78 is 57.7. The lowest BCUT2D eigenvalue weighted by molar-refractivity contribution is 0.0455. The lowest BCUT2D eigenvalue weighted by atomic mass is 9.87. The number of hydrogen-bond donors (Lipinski definition) is 2. The summed E-state index contributed by atoms with van der Waals surface area (Å²) in [4.78, 5) is 12.0. The van der Waals surface area contributed by atoms with Crippen molar-refractivity contribution < 1.29 is 26.4 Å². The molecule has 0 bridgehead atoms. The molecule has 248 valence electrons. The van der Waals surface area contributed by atoms with Crippen molar-refractivity contribution >= 4 is 38.9 Å². The number of nitrogens with zero attached hydrogens (tertiary/aromatic N) is 4. The number of nitrogens with one attached hydrogen (secondary N) is 1. The number of amides is 1. The first-order chi connectivity index (χ1) is 16.1. The minimum absolute atomic E-state index is 0. The van der Waals surface area contributed by atoms with Gasteiger partial charge < -0.3 is 15.8 Å². The number of alkyl carbamates (subject to hydrolysis) is 1. The average molecular weight is 643 g/mol. The van der Waals surface area contributed by atoms with Crippen molar-refractivity contribution in [1.82, 2.24) is 22.5 Å². The summed E-state index contributed by atoms with van der Waals surface area (Å²) in [7, 11) is 2.12. The van der Waals surface area contributed by atoms with Crippen LogP contribution in [0.3, 0.4) is 0 Å². The minimum Gasteiger partial charge on any atom is -0.444 e. The van der Waals surface area contributed by atoms with Crippen molar-refractivity contribution in [2.45, 2.75) is 94.9 Å². The zero-order valence-corrected chi connectivity index (χ0v) is 28.6. The zero-order valence-electron chi connectivity index (χ0n) is 26.1. The van der Waals surface area contributed by atoms with E-state index in [1.807, 2.05) is 41.5 Å². The molecule has 0 fully saturated rings. The van der Waals surface area contributed by atoms with Gasteiger partial charge in [0.25, 0.3) is 20.4 Å². The number of rotatable bonds is 9. The molecule has 0 aliphatic heterocycles. The van der Waals surface area contributed by atoms with E-state index in [1.54, 1.807) is 27.8 Å². The molecule has 0 aromatic carbocycles. The van der Waals surface area contributed by atoms with Crippen LogP contribution in [-0.4, -0.2) is 113 Å². The van der Waals surface area contributed by atoms with Crippen LogP contribution in [0.4, 0.5) is 4.79 Å². The van der Waals surface area contributed by atoms with Crippen LogP contribution < -0.4 is 11.1 Å². The Morgan fingerprint density at radius 2 is 1.05 bits per heavy atom. The predicted molar refractivity (Wildman–Crippen MR) is 171 cm³/mol. The first-order valence-corrected chi connectivity index (χ1v) is 14.9. The van der Waals surface area contributed by atoms with Gasteiger partial charge in [-0.1, -0.05) is 56.4 Å². The largest absolute Gasteiger partial charge is 0.444 e. The Morgan fingerprint density at radius 3 is 1.30 bits per heavy atom. The molecule has 0 aromatic rings. The van der Waals surface area contributed by atoms with Gasteiger partial charge in [0.15, 0.2) is 0 Å². The second-order valence-electron chi connectivity index (χ2n) is 12.7. The Balaban J connectivity index is -0.000000201. The van der Waals surface area contributed by atoms with E-state index in [9.17, 15) is 21.6 Å². The third-order valence-corrected chi connectivity index (χ3v) is 9.17. The van der Waals surface area contributed by atoms with Crippen molar-refractivity contribution in [3.63, 3.8) is 0 Å². The molecule has 3 N–H and O–H groups in total. The van der Waals surface area contributed by atoms with Crippen molar-refractivity contribution in [3.05, 3.63) is 0 Å². The first-order valence-electron chi connectivity index (χ1n) is 12.1. The number of hydrogen-bond acceptors (Lipinski definition) is 7. The van der Waals surface area contributed by atoms with E-state index in [0.29, 0.717) is 6.54 Å². The van der Waals surface area contributed by atoms with E-state index in [1.165, 1.54) is 48.2 Å². The maximum Gasteiger partial charge on any atom is 0.407 e. The van der Waals surface area contributed by atoms with Crippen LogP contribution in [-0.2, 0) is 25.2 Å². The van der Waals surface area contributed by atoms with Crippen LogP contribution in [0.15, 0.2) is 0 Å². The Kier molecular flexibility index (Phi) is 22.1. The molecule has 0 heterocycles. The monoisotopic (exact) mass is 642 g/mol. The maximum absolute atomic E-state index is 12.1. The van der Waals surface area contributed by atoms with Gasteiger partial charge in [-0.25, -0.2) is 4.79 Å². The molecule has 0 aliphatic carbocycles. The molecule has 2 atom stereocenters. The summed E-state index contributed by atoms with van der Waals surface area (Å²) in [6, 6.07) is -0.570. The summed E-state index contributed by atoms with van der Waals surface area (Å²) in [6.07, 6.45) is -0.553. The van der Waals surface area contributed by atoms with Crippen molar-refractivity contribution in [3.8, 4) is 0 Å². The van der Waals surface area contributed by atoms with Crippen LogP contribution >= 0.6 is 12.4 Å². The summed E-state index contributed by atoms with van der Waals surface area (Å²) in [5.41, 5.74) is 4.89. The lowest BCUT2D eigenvalue weighted by Gasteiger charge is -2.35. The Hall–Kier alpha value is -0.740. The molecular formula is C25H63ClN6O6S2. The van der Waals surface area contributed by atoms with Crippen molar-refractivity contribution in [2.75, 3.05) is 55.4 Å². The van der Waals surface area contributed by atoms with Gasteiger partial charge in [0, 0.05) is 61.4 Å². The molecule has 0 saturated heterocycles. The topological polar surface area (TPSA) is 146 Å². The molecule has 1 amide bonds. The second-order valence-corrected chi connectivity index (χ2v) is 17.2.